The van der Waals surface area contributed by atoms with Gasteiger partial charge in [0.1, 0.15) is 5.82 Å². The van der Waals surface area contributed by atoms with Gasteiger partial charge in [-0.05, 0) is 42.3 Å². The molecule has 6 heteroatoms. The van der Waals surface area contributed by atoms with Crippen molar-refractivity contribution in [2.24, 2.45) is 0 Å². The number of carbonyl (C=O) groups is 1. The van der Waals surface area contributed by atoms with Crippen molar-refractivity contribution in [1.29, 1.82) is 0 Å². The molecule has 3 aromatic rings. The first-order valence-electron chi connectivity index (χ1n) is 6.82. The fourth-order valence-electron chi connectivity index (χ4n) is 2.39. The molecule has 22 heavy (non-hydrogen) atoms. The Morgan fingerprint density at radius 1 is 1.18 bits per heavy atom. The maximum absolute atomic E-state index is 12.8. The van der Waals surface area contributed by atoms with Gasteiger partial charge in [0.15, 0.2) is 0 Å². The number of nitrogen functional groups attached to an aromatic ring is 1. The SMILES string of the molecule is Nc1ccc2c(c1)[nH]c(=O)n2C(=O)CCc1ccc(F)cc1. The number of aromatic amines is 1. The average molecular weight is 299 g/mol. The number of H-pyrrole nitrogens is 1. The summed E-state index contributed by atoms with van der Waals surface area (Å²) >= 11 is 0. The molecule has 1 heterocycles. The highest BCUT2D eigenvalue weighted by atomic mass is 19.1. The molecule has 3 N–H and O–H groups in total. The Bertz CT molecular complexity index is 894. The number of halogens is 1. The van der Waals surface area contributed by atoms with Crippen LogP contribution in [0, 0.1) is 5.82 Å². The molecule has 0 fully saturated rings. The van der Waals surface area contributed by atoms with Gasteiger partial charge in [-0.1, -0.05) is 12.1 Å². The quantitative estimate of drug-likeness (QED) is 0.728. The Hall–Kier alpha value is -2.89. The molecule has 0 amide bonds. The summed E-state index contributed by atoms with van der Waals surface area (Å²) in [5.74, 6) is -0.633. The van der Waals surface area contributed by atoms with Crippen LogP contribution in [0.25, 0.3) is 11.0 Å². The van der Waals surface area contributed by atoms with Gasteiger partial charge >= 0.3 is 5.69 Å². The highest BCUT2D eigenvalue weighted by Crippen LogP contribution is 2.15. The van der Waals surface area contributed by atoms with Gasteiger partial charge in [-0.25, -0.2) is 13.8 Å². The highest BCUT2D eigenvalue weighted by molar-refractivity contribution is 5.91. The van der Waals surface area contributed by atoms with Gasteiger partial charge in [0.25, 0.3) is 0 Å². The van der Waals surface area contributed by atoms with Gasteiger partial charge in [-0.3, -0.25) is 4.79 Å². The molecule has 0 aliphatic rings. The van der Waals surface area contributed by atoms with E-state index in [9.17, 15) is 14.0 Å². The number of nitrogens with one attached hydrogen (secondary N) is 1. The molecule has 0 aliphatic heterocycles. The predicted octanol–water partition coefficient (Wildman–Crippen LogP) is 2.32. The van der Waals surface area contributed by atoms with E-state index in [1.807, 2.05) is 0 Å². The van der Waals surface area contributed by atoms with Crippen molar-refractivity contribution in [2.45, 2.75) is 12.8 Å². The number of imidazole rings is 1. The maximum Gasteiger partial charge on any atom is 0.333 e. The third-order valence-corrected chi connectivity index (χ3v) is 3.50. The lowest BCUT2D eigenvalue weighted by atomic mass is 10.1. The van der Waals surface area contributed by atoms with Gasteiger partial charge in [-0.15, -0.1) is 0 Å². The highest BCUT2D eigenvalue weighted by Gasteiger charge is 2.14. The number of benzene rings is 2. The lowest BCUT2D eigenvalue weighted by Crippen LogP contribution is -2.24. The lowest BCUT2D eigenvalue weighted by Gasteiger charge is -2.03. The van der Waals surface area contributed by atoms with E-state index in [2.05, 4.69) is 4.98 Å². The fourth-order valence-corrected chi connectivity index (χ4v) is 2.39. The molecule has 0 saturated carbocycles. The normalized spacial score (nSPS) is 11.0. The van der Waals surface area contributed by atoms with Crippen LogP contribution < -0.4 is 11.4 Å². The van der Waals surface area contributed by atoms with Crippen molar-refractivity contribution < 1.29 is 9.18 Å². The number of fused-ring (bicyclic) bond motifs is 1. The van der Waals surface area contributed by atoms with Gasteiger partial charge < -0.3 is 10.7 Å². The maximum atomic E-state index is 12.8. The summed E-state index contributed by atoms with van der Waals surface area (Å²) < 4.78 is 14.0. The van der Waals surface area contributed by atoms with Crippen LogP contribution in [0.1, 0.15) is 16.8 Å². The van der Waals surface area contributed by atoms with Crippen molar-refractivity contribution >= 4 is 22.6 Å². The van der Waals surface area contributed by atoms with Crippen LogP contribution >= 0.6 is 0 Å². The smallest absolute Gasteiger partial charge is 0.333 e. The topological polar surface area (TPSA) is 80.9 Å². The van der Waals surface area contributed by atoms with Gasteiger partial charge in [0.2, 0.25) is 5.91 Å². The van der Waals surface area contributed by atoms with E-state index < -0.39 is 5.69 Å². The zero-order valence-electron chi connectivity index (χ0n) is 11.7. The minimum absolute atomic E-state index is 0.156. The number of rotatable bonds is 3. The number of carbonyl (C=O) groups excluding carboxylic acids is 1. The van der Waals surface area contributed by atoms with E-state index in [4.69, 9.17) is 5.73 Å². The Kier molecular flexibility index (Phi) is 3.50. The number of aromatic nitrogens is 2. The van der Waals surface area contributed by atoms with E-state index in [0.717, 1.165) is 10.1 Å². The molecule has 0 radical (unpaired) electrons. The molecule has 0 bridgehead atoms. The molecule has 0 spiro atoms. The minimum atomic E-state index is -0.482. The summed E-state index contributed by atoms with van der Waals surface area (Å²) in [4.78, 5) is 26.9. The monoisotopic (exact) mass is 299 g/mol. The number of aryl methyl sites for hydroxylation is 1. The van der Waals surface area contributed by atoms with Crippen molar-refractivity contribution in [2.75, 3.05) is 5.73 Å². The minimum Gasteiger partial charge on any atom is -0.399 e. The van der Waals surface area contributed by atoms with Crippen molar-refractivity contribution in [1.82, 2.24) is 9.55 Å². The van der Waals surface area contributed by atoms with E-state index in [-0.39, 0.29) is 18.1 Å². The Labute approximate surface area is 125 Å². The number of nitrogens with two attached hydrogens (primary N) is 1. The van der Waals surface area contributed by atoms with Crippen LogP contribution in [-0.2, 0) is 6.42 Å². The van der Waals surface area contributed by atoms with E-state index in [1.54, 1.807) is 30.3 Å². The summed E-state index contributed by atoms with van der Waals surface area (Å²) in [6.07, 6.45) is 0.593. The van der Waals surface area contributed by atoms with E-state index in [0.29, 0.717) is 23.1 Å². The second kappa shape index (κ2) is 5.48. The first-order chi connectivity index (χ1) is 10.5. The number of nitrogens with zero attached hydrogens (tertiary/aromatic N) is 1. The molecule has 2 aromatic carbocycles. The van der Waals surface area contributed by atoms with Crippen molar-refractivity contribution in [3.63, 3.8) is 0 Å². The third-order valence-electron chi connectivity index (χ3n) is 3.50. The first-order valence-corrected chi connectivity index (χ1v) is 6.82. The van der Waals surface area contributed by atoms with Crippen molar-refractivity contribution in [3.8, 4) is 0 Å². The fraction of sp³-hybridized carbons (Fsp3) is 0.125. The van der Waals surface area contributed by atoms with Crippen LogP contribution in [0.3, 0.4) is 0 Å². The van der Waals surface area contributed by atoms with Crippen LogP contribution in [-0.4, -0.2) is 15.5 Å². The molecular formula is C16H14FN3O2. The summed E-state index contributed by atoms with van der Waals surface area (Å²) in [5.41, 5.74) is 7.56. The molecule has 0 aliphatic carbocycles. The molecule has 3 rings (SSSR count). The molecule has 0 unspecified atom stereocenters. The van der Waals surface area contributed by atoms with E-state index in [1.165, 1.54) is 12.1 Å². The lowest BCUT2D eigenvalue weighted by molar-refractivity contribution is 0.0904. The van der Waals surface area contributed by atoms with E-state index >= 15 is 0 Å². The van der Waals surface area contributed by atoms with Crippen LogP contribution in [0.4, 0.5) is 10.1 Å². The van der Waals surface area contributed by atoms with Crippen LogP contribution in [0.5, 0.6) is 0 Å². The molecule has 0 saturated heterocycles. The summed E-state index contributed by atoms with van der Waals surface area (Å²) in [5, 5.41) is 0. The first kappa shape index (κ1) is 14.1. The standard InChI is InChI=1S/C16H14FN3O2/c17-11-4-1-10(2-5-11)3-8-15(21)20-14-7-6-12(18)9-13(14)19-16(20)22/h1-2,4-7,9H,3,8,18H2,(H,19,22). The molecule has 5 nitrogen and oxygen atoms in total. The average Bonchev–Trinajstić information content (AvgIpc) is 2.81. The summed E-state index contributed by atoms with van der Waals surface area (Å²) in [6, 6.07) is 10.8. The number of hydrogen-bond donors (Lipinski definition) is 2. The number of anilines is 1. The van der Waals surface area contributed by atoms with Crippen LogP contribution in [0.2, 0.25) is 0 Å². The molecule has 1 aromatic heterocycles. The largest absolute Gasteiger partial charge is 0.399 e. The summed E-state index contributed by atoms with van der Waals surface area (Å²) in [6.45, 7) is 0. The van der Waals surface area contributed by atoms with Crippen molar-refractivity contribution in [3.05, 3.63) is 64.3 Å². The Morgan fingerprint density at radius 3 is 2.64 bits per heavy atom. The second-order valence-electron chi connectivity index (χ2n) is 5.06. The number of hydrogen-bond acceptors (Lipinski definition) is 3. The third kappa shape index (κ3) is 2.63. The zero-order chi connectivity index (χ0) is 15.7. The Balaban J connectivity index is 1.84. The summed E-state index contributed by atoms with van der Waals surface area (Å²) in [7, 11) is 0. The Morgan fingerprint density at radius 2 is 1.91 bits per heavy atom. The predicted molar refractivity (Wildman–Crippen MR) is 82.3 cm³/mol. The molecule has 112 valence electrons. The molecule has 0 atom stereocenters. The molecular weight excluding hydrogens is 285 g/mol. The van der Waals surface area contributed by atoms with Crippen LogP contribution in [0.15, 0.2) is 47.3 Å². The second-order valence-corrected chi connectivity index (χ2v) is 5.06. The van der Waals surface area contributed by atoms with Gasteiger partial charge in [0, 0.05) is 12.1 Å². The zero-order valence-corrected chi connectivity index (χ0v) is 11.7. The van der Waals surface area contributed by atoms with Gasteiger partial charge in [0.05, 0.1) is 11.0 Å². The van der Waals surface area contributed by atoms with Gasteiger partial charge in [-0.2, -0.15) is 0 Å².